The molecular formula is C14H24N2O. The standard InChI is InChI=1S/C14H24N2O/c1-16(11-13-7-4-5-9-17-13)14-8-3-2-6-12(14)10-15/h12-14H,2-9,11H2,1H3. The zero-order valence-electron chi connectivity index (χ0n) is 10.9. The van der Waals surface area contributed by atoms with Crippen molar-refractivity contribution >= 4 is 0 Å². The van der Waals surface area contributed by atoms with Gasteiger partial charge in [0.2, 0.25) is 0 Å². The highest BCUT2D eigenvalue weighted by molar-refractivity contribution is 4.95. The number of rotatable bonds is 3. The summed E-state index contributed by atoms with van der Waals surface area (Å²) in [6.07, 6.45) is 8.86. The van der Waals surface area contributed by atoms with Crippen molar-refractivity contribution in [2.75, 3.05) is 20.2 Å². The number of ether oxygens (including phenoxy) is 1. The van der Waals surface area contributed by atoms with Gasteiger partial charge in [0.1, 0.15) is 0 Å². The van der Waals surface area contributed by atoms with Crippen LogP contribution in [0.1, 0.15) is 44.9 Å². The number of nitrogens with zero attached hydrogens (tertiary/aromatic N) is 2. The van der Waals surface area contributed by atoms with Crippen LogP contribution in [-0.2, 0) is 4.74 Å². The van der Waals surface area contributed by atoms with Gasteiger partial charge in [-0.2, -0.15) is 5.26 Å². The number of hydrogen-bond donors (Lipinski definition) is 0. The van der Waals surface area contributed by atoms with Gasteiger partial charge >= 0.3 is 0 Å². The summed E-state index contributed by atoms with van der Waals surface area (Å²) in [5.74, 6) is 0.234. The highest BCUT2D eigenvalue weighted by Crippen LogP contribution is 2.28. The molecule has 0 radical (unpaired) electrons. The molecule has 17 heavy (non-hydrogen) atoms. The Bertz CT molecular complexity index is 268. The lowest BCUT2D eigenvalue weighted by Gasteiger charge is -2.37. The first-order valence-corrected chi connectivity index (χ1v) is 7.02. The second kappa shape index (κ2) is 6.37. The molecule has 0 spiro atoms. The van der Waals surface area contributed by atoms with Crippen LogP contribution in [0, 0.1) is 17.2 Å². The van der Waals surface area contributed by atoms with Crippen molar-refractivity contribution < 1.29 is 4.74 Å². The molecule has 2 aliphatic rings. The largest absolute Gasteiger partial charge is 0.377 e. The summed E-state index contributed by atoms with van der Waals surface area (Å²) in [5, 5.41) is 9.21. The third kappa shape index (κ3) is 3.43. The van der Waals surface area contributed by atoms with Crippen molar-refractivity contribution in [1.82, 2.24) is 4.90 Å². The monoisotopic (exact) mass is 236 g/mol. The third-order valence-electron chi connectivity index (χ3n) is 4.23. The van der Waals surface area contributed by atoms with Crippen molar-refractivity contribution in [2.45, 2.75) is 57.1 Å². The Morgan fingerprint density at radius 2 is 1.94 bits per heavy atom. The minimum Gasteiger partial charge on any atom is -0.377 e. The average Bonchev–Trinajstić information content (AvgIpc) is 2.40. The molecule has 2 fully saturated rings. The minimum absolute atomic E-state index is 0.234. The molecule has 2 rings (SSSR count). The lowest BCUT2D eigenvalue weighted by Crippen LogP contribution is -2.44. The van der Waals surface area contributed by atoms with Gasteiger partial charge in [-0.3, -0.25) is 4.90 Å². The predicted molar refractivity (Wildman–Crippen MR) is 67.6 cm³/mol. The molecule has 0 aromatic carbocycles. The fourth-order valence-electron chi connectivity index (χ4n) is 3.20. The van der Waals surface area contributed by atoms with Crippen LogP contribution in [-0.4, -0.2) is 37.2 Å². The molecule has 1 heterocycles. The summed E-state index contributed by atoms with van der Waals surface area (Å²) >= 11 is 0. The van der Waals surface area contributed by atoms with Crippen LogP contribution in [0.4, 0.5) is 0 Å². The van der Waals surface area contributed by atoms with Gasteiger partial charge in [-0.05, 0) is 39.2 Å². The Balaban J connectivity index is 1.84. The van der Waals surface area contributed by atoms with Gasteiger partial charge in [0, 0.05) is 19.2 Å². The van der Waals surface area contributed by atoms with Crippen molar-refractivity contribution in [2.24, 2.45) is 5.92 Å². The normalized spacial score (nSPS) is 34.5. The average molecular weight is 236 g/mol. The van der Waals surface area contributed by atoms with E-state index in [0.29, 0.717) is 12.1 Å². The highest BCUT2D eigenvalue weighted by atomic mass is 16.5. The SMILES string of the molecule is CN(CC1CCCCO1)C1CCCCC1C#N. The van der Waals surface area contributed by atoms with Crippen LogP contribution in [0.5, 0.6) is 0 Å². The molecule has 0 aromatic rings. The van der Waals surface area contributed by atoms with Crippen molar-refractivity contribution in [3.8, 4) is 6.07 Å². The Labute approximate surface area is 105 Å². The topological polar surface area (TPSA) is 36.3 Å². The quantitative estimate of drug-likeness (QED) is 0.755. The molecule has 1 aliphatic carbocycles. The van der Waals surface area contributed by atoms with E-state index in [4.69, 9.17) is 4.74 Å². The van der Waals surface area contributed by atoms with Crippen LogP contribution in [0.2, 0.25) is 0 Å². The summed E-state index contributed by atoms with van der Waals surface area (Å²) in [7, 11) is 2.16. The second-order valence-electron chi connectivity index (χ2n) is 5.52. The molecule has 1 aliphatic heterocycles. The Morgan fingerprint density at radius 3 is 2.65 bits per heavy atom. The summed E-state index contributed by atoms with van der Waals surface area (Å²) in [6.45, 7) is 1.92. The molecule has 96 valence electrons. The zero-order chi connectivity index (χ0) is 12.1. The summed E-state index contributed by atoms with van der Waals surface area (Å²) in [4.78, 5) is 2.38. The molecule has 3 nitrogen and oxygen atoms in total. The molecule has 0 amide bonds. The first-order valence-electron chi connectivity index (χ1n) is 7.02. The summed E-state index contributed by atoms with van der Waals surface area (Å²) in [6, 6.07) is 2.95. The molecule has 3 heteroatoms. The van der Waals surface area contributed by atoms with Crippen molar-refractivity contribution in [1.29, 1.82) is 5.26 Å². The lowest BCUT2D eigenvalue weighted by atomic mass is 9.84. The zero-order valence-corrected chi connectivity index (χ0v) is 10.9. The number of nitriles is 1. The molecule has 0 bridgehead atoms. The van der Waals surface area contributed by atoms with Gasteiger partial charge < -0.3 is 4.74 Å². The van der Waals surface area contributed by atoms with Crippen LogP contribution in [0.15, 0.2) is 0 Å². The summed E-state index contributed by atoms with van der Waals surface area (Å²) < 4.78 is 5.78. The second-order valence-corrected chi connectivity index (χ2v) is 5.52. The molecular weight excluding hydrogens is 212 g/mol. The van der Waals surface area contributed by atoms with Gasteiger partial charge in [0.15, 0.2) is 0 Å². The van der Waals surface area contributed by atoms with E-state index in [1.54, 1.807) is 0 Å². The third-order valence-corrected chi connectivity index (χ3v) is 4.23. The van der Waals surface area contributed by atoms with E-state index >= 15 is 0 Å². The maximum atomic E-state index is 9.21. The van der Waals surface area contributed by atoms with Crippen LogP contribution in [0.25, 0.3) is 0 Å². The van der Waals surface area contributed by atoms with Gasteiger partial charge in [-0.1, -0.05) is 12.8 Å². The Kier molecular flexibility index (Phi) is 4.82. The molecule has 1 saturated heterocycles. The van der Waals surface area contributed by atoms with Gasteiger partial charge in [-0.15, -0.1) is 0 Å². The van der Waals surface area contributed by atoms with E-state index in [1.165, 1.54) is 38.5 Å². The number of hydrogen-bond acceptors (Lipinski definition) is 3. The van der Waals surface area contributed by atoms with E-state index in [2.05, 4.69) is 18.0 Å². The predicted octanol–water partition coefficient (Wildman–Crippen LogP) is 2.57. The van der Waals surface area contributed by atoms with Crippen LogP contribution < -0.4 is 0 Å². The van der Waals surface area contributed by atoms with Crippen molar-refractivity contribution in [3.05, 3.63) is 0 Å². The van der Waals surface area contributed by atoms with E-state index in [1.807, 2.05) is 0 Å². The van der Waals surface area contributed by atoms with Gasteiger partial charge in [-0.25, -0.2) is 0 Å². The highest BCUT2D eigenvalue weighted by Gasteiger charge is 2.29. The first kappa shape index (κ1) is 12.9. The van der Waals surface area contributed by atoms with E-state index in [-0.39, 0.29) is 5.92 Å². The van der Waals surface area contributed by atoms with Gasteiger partial charge in [0.25, 0.3) is 0 Å². The Hall–Kier alpha value is -0.590. The maximum Gasteiger partial charge on any atom is 0.0702 e. The number of likely N-dealkylation sites (N-methyl/N-ethyl adjacent to an activating group) is 1. The molecule has 0 N–H and O–H groups in total. The molecule has 3 atom stereocenters. The smallest absolute Gasteiger partial charge is 0.0702 e. The van der Waals surface area contributed by atoms with E-state index in [0.717, 1.165) is 19.6 Å². The van der Waals surface area contributed by atoms with Crippen LogP contribution >= 0.6 is 0 Å². The maximum absolute atomic E-state index is 9.21. The molecule has 1 saturated carbocycles. The molecule has 0 aromatic heterocycles. The minimum atomic E-state index is 0.234. The first-order chi connectivity index (χ1) is 8.31. The van der Waals surface area contributed by atoms with Gasteiger partial charge in [0.05, 0.1) is 18.1 Å². The van der Waals surface area contributed by atoms with E-state index in [9.17, 15) is 5.26 Å². The molecule has 3 unspecified atom stereocenters. The summed E-state index contributed by atoms with van der Waals surface area (Å²) in [5.41, 5.74) is 0. The van der Waals surface area contributed by atoms with Crippen LogP contribution in [0.3, 0.4) is 0 Å². The fraction of sp³-hybridized carbons (Fsp3) is 0.929. The van der Waals surface area contributed by atoms with E-state index < -0.39 is 0 Å². The Morgan fingerprint density at radius 1 is 1.18 bits per heavy atom. The van der Waals surface area contributed by atoms with Crippen molar-refractivity contribution in [3.63, 3.8) is 0 Å². The fourth-order valence-corrected chi connectivity index (χ4v) is 3.20. The lowest BCUT2D eigenvalue weighted by molar-refractivity contribution is -0.0140.